The lowest BCUT2D eigenvalue weighted by Crippen LogP contribution is -2.38. The Labute approximate surface area is 118 Å². The molecule has 0 unspecified atom stereocenters. The summed E-state index contributed by atoms with van der Waals surface area (Å²) in [5, 5.41) is 0.781. The molecule has 1 heterocycles. The summed E-state index contributed by atoms with van der Waals surface area (Å²) < 4.78 is 0. The maximum atomic E-state index is 12.6. The monoisotopic (exact) mass is 282 g/mol. The first kappa shape index (κ1) is 14.1. The third-order valence-electron chi connectivity index (χ3n) is 3.59. The number of amides is 1. The van der Waals surface area contributed by atoms with Gasteiger partial charge in [0.2, 0.25) is 0 Å². The molecule has 0 bridgehead atoms. The van der Waals surface area contributed by atoms with E-state index in [4.69, 9.17) is 5.73 Å². The van der Waals surface area contributed by atoms with Crippen LogP contribution in [0.3, 0.4) is 0 Å². The Bertz CT molecular complexity index is 451. The molecule has 0 radical (unpaired) electrons. The van der Waals surface area contributed by atoms with Gasteiger partial charge in [-0.15, -0.1) is 0 Å². The minimum Gasteiger partial charge on any atom is -0.382 e. The molecule has 5 nitrogen and oxygen atoms in total. The van der Waals surface area contributed by atoms with Crippen LogP contribution in [0.1, 0.15) is 42.3 Å². The molecule has 106 valence electrons. The van der Waals surface area contributed by atoms with Crippen molar-refractivity contribution < 1.29 is 4.79 Å². The topological polar surface area (TPSA) is 62.5 Å². The van der Waals surface area contributed by atoms with Crippen molar-refractivity contribution in [2.45, 2.75) is 38.6 Å². The van der Waals surface area contributed by atoms with E-state index in [9.17, 15) is 4.79 Å². The Balaban J connectivity index is 2.21. The summed E-state index contributed by atoms with van der Waals surface area (Å²) in [6.45, 7) is 2.76. The Morgan fingerprint density at radius 3 is 2.53 bits per heavy atom. The number of nitrogen functional groups attached to an aromatic ring is 1. The summed E-state index contributed by atoms with van der Waals surface area (Å²) in [6, 6.07) is 0.377. The molecule has 1 aliphatic carbocycles. The summed E-state index contributed by atoms with van der Waals surface area (Å²) in [5.74, 6) is 0.396. The molecule has 1 saturated carbocycles. The molecular weight excluding hydrogens is 260 g/mol. The highest BCUT2D eigenvalue weighted by atomic mass is 32.1. The number of thiazole rings is 1. The average molecular weight is 282 g/mol. The van der Waals surface area contributed by atoms with E-state index in [2.05, 4.69) is 4.98 Å². The number of anilines is 2. The highest BCUT2D eigenvalue weighted by Gasteiger charge is 2.29. The third-order valence-corrected chi connectivity index (χ3v) is 4.81. The lowest BCUT2D eigenvalue weighted by atomic mass is 10.2. The van der Waals surface area contributed by atoms with Crippen molar-refractivity contribution in [2.75, 3.05) is 31.3 Å². The van der Waals surface area contributed by atoms with Crippen LogP contribution in [0.4, 0.5) is 10.9 Å². The van der Waals surface area contributed by atoms with Gasteiger partial charge in [0.05, 0.1) is 0 Å². The molecule has 1 fully saturated rings. The number of carbonyl (C=O) groups excluding carboxylic acids is 1. The smallest absolute Gasteiger partial charge is 0.268 e. The molecule has 0 atom stereocenters. The molecule has 0 saturated heterocycles. The first-order valence-corrected chi connectivity index (χ1v) is 7.60. The second-order valence-electron chi connectivity index (χ2n) is 5.13. The van der Waals surface area contributed by atoms with Crippen LogP contribution in [-0.4, -0.2) is 42.5 Å². The summed E-state index contributed by atoms with van der Waals surface area (Å²) >= 11 is 1.38. The largest absolute Gasteiger partial charge is 0.382 e. The van der Waals surface area contributed by atoms with E-state index in [0.717, 1.165) is 24.5 Å². The Kier molecular flexibility index (Phi) is 4.29. The maximum absolute atomic E-state index is 12.6. The predicted molar refractivity (Wildman–Crippen MR) is 79.8 cm³/mol. The normalized spacial score (nSPS) is 15.7. The number of aromatic nitrogens is 1. The van der Waals surface area contributed by atoms with Crippen molar-refractivity contribution in [3.8, 4) is 0 Å². The van der Waals surface area contributed by atoms with Gasteiger partial charge in [0.1, 0.15) is 10.7 Å². The molecule has 1 aliphatic rings. The van der Waals surface area contributed by atoms with Crippen molar-refractivity contribution in [2.24, 2.45) is 0 Å². The van der Waals surface area contributed by atoms with Gasteiger partial charge in [0.25, 0.3) is 5.91 Å². The molecule has 0 aromatic carbocycles. The molecule has 1 aromatic heterocycles. The first-order valence-electron chi connectivity index (χ1n) is 6.79. The number of hydrogen-bond acceptors (Lipinski definition) is 5. The zero-order chi connectivity index (χ0) is 14.0. The molecule has 0 spiro atoms. The van der Waals surface area contributed by atoms with Gasteiger partial charge in [-0.2, -0.15) is 0 Å². The van der Waals surface area contributed by atoms with Gasteiger partial charge in [-0.25, -0.2) is 4.98 Å². The zero-order valence-corrected chi connectivity index (χ0v) is 12.7. The Morgan fingerprint density at radius 1 is 1.42 bits per heavy atom. The molecule has 6 heteroatoms. The average Bonchev–Trinajstić information content (AvgIpc) is 2.99. The highest BCUT2D eigenvalue weighted by molar-refractivity contribution is 7.18. The quantitative estimate of drug-likeness (QED) is 0.919. The third kappa shape index (κ3) is 2.83. The van der Waals surface area contributed by atoms with Crippen LogP contribution in [0.2, 0.25) is 0 Å². The number of nitrogens with zero attached hydrogens (tertiary/aromatic N) is 3. The molecule has 0 aliphatic heterocycles. The van der Waals surface area contributed by atoms with Crippen molar-refractivity contribution in [1.29, 1.82) is 0 Å². The highest BCUT2D eigenvalue weighted by Crippen LogP contribution is 2.31. The summed E-state index contributed by atoms with van der Waals surface area (Å²) in [6.07, 6.45) is 4.66. The van der Waals surface area contributed by atoms with Crippen LogP contribution in [-0.2, 0) is 0 Å². The second-order valence-corrected chi connectivity index (χ2v) is 6.11. The van der Waals surface area contributed by atoms with Gasteiger partial charge in [-0.05, 0) is 19.8 Å². The van der Waals surface area contributed by atoms with Gasteiger partial charge in [0.15, 0.2) is 5.13 Å². The van der Waals surface area contributed by atoms with Crippen molar-refractivity contribution in [3.05, 3.63) is 4.88 Å². The SMILES string of the molecule is CCN(C(=O)c1sc(N(C)C)nc1N)C1CCCC1. The van der Waals surface area contributed by atoms with Crippen LogP contribution >= 0.6 is 11.3 Å². The fourth-order valence-electron chi connectivity index (χ4n) is 2.58. The van der Waals surface area contributed by atoms with E-state index in [0.29, 0.717) is 16.7 Å². The fourth-order valence-corrected chi connectivity index (χ4v) is 3.44. The minimum absolute atomic E-state index is 0.0394. The fraction of sp³-hybridized carbons (Fsp3) is 0.692. The Morgan fingerprint density at radius 2 is 2.05 bits per heavy atom. The van der Waals surface area contributed by atoms with E-state index < -0.39 is 0 Å². The van der Waals surface area contributed by atoms with Crippen molar-refractivity contribution in [3.63, 3.8) is 0 Å². The summed E-state index contributed by atoms with van der Waals surface area (Å²) in [5.41, 5.74) is 5.90. The predicted octanol–water partition coefficient (Wildman–Crippen LogP) is 2.20. The van der Waals surface area contributed by atoms with Gasteiger partial charge in [-0.1, -0.05) is 24.2 Å². The van der Waals surface area contributed by atoms with Crippen molar-refractivity contribution >= 4 is 28.2 Å². The number of carbonyl (C=O) groups is 1. The molecule has 2 N–H and O–H groups in total. The lowest BCUT2D eigenvalue weighted by Gasteiger charge is -2.27. The van der Waals surface area contributed by atoms with Gasteiger partial charge in [-0.3, -0.25) is 4.79 Å². The molecular formula is C13H22N4OS. The van der Waals surface area contributed by atoms with Crippen LogP contribution in [0, 0.1) is 0 Å². The number of rotatable bonds is 4. The van der Waals surface area contributed by atoms with E-state index in [1.165, 1.54) is 24.2 Å². The molecule has 1 amide bonds. The molecule has 2 rings (SSSR count). The van der Waals surface area contributed by atoms with E-state index in [1.807, 2.05) is 30.8 Å². The van der Waals surface area contributed by atoms with E-state index in [-0.39, 0.29) is 5.91 Å². The molecule has 19 heavy (non-hydrogen) atoms. The van der Waals surface area contributed by atoms with Gasteiger partial charge in [0, 0.05) is 26.7 Å². The Hall–Kier alpha value is -1.30. The summed E-state index contributed by atoms with van der Waals surface area (Å²) in [4.78, 5) is 21.3. The second kappa shape index (κ2) is 5.77. The standard InChI is InChI=1S/C13H22N4OS/c1-4-17(9-7-5-6-8-9)12(18)10-11(14)15-13(19-10)16(2)3/h9H,4-8,14H2,1-3H3. The van der Waals surface area contributed by atoms with Crippen molar-refractivity contribution in [1.82, 2.24) is 9.88 Å². The molecule has 1 aromatic rings. The van der Waals surface area contributed by atoms with Crippen LogP contribution in [0.15, 0.2) is 0 Å². The van der Waals surface area contributed by atoms with Crippen LogP contribution in [0.25, 0.3) is 0 Å². The number of nitrogens with two attached hydrogens (primary N) is 1. The first-order chi connectivity index (χ1) is 9.04. The minimum atomic E-state index is 0.0394. The van der Waals surface area contributed by atoms with Crippen LogP contribution < -0.4 is 10.6 Å². The van der Waals surface area contributed by atoms with E-state index >= 15 is 0 Å². The maximum Gasteiger partial charge on any atom is 0.268 e. The van der Waals surface area contributed by atoms with Gasteiger partial charge < -0.3 is 15.5 Å². The van der Waals surface area contributed by atoms with Crippen LogP contribution in [0.5, 0.6) is 0 Å². The van der Waals surface area contributed by atoms with Gasteiger partial charge >= 0.3 is 0 Å². The zero-order valence-electron chi connectivity index (χ0n) is 11.8. The van der Waals surface area contributed by atoms with E-state index in [1.54, 1.807) is 0 Å². The summed E-state index contributed by atoms with van der Waals surface area (Å²) in [7, 11) is 3.81. The lowest BCUT2D eigenvalue weighted by molar-refractivity contribution is 0.0699. The number of hydrogen-bond donors (Lipinski definition) is 1.